The molecule has 0 aliphatic carbocycles. The number of hydrogen-bond donors (Lipinski definition) is 2. The number of ether oxygens (including phenoxy) is 2. The maximum absolute atomic E-state index is 5.67. The molecule has 2 aromatic rings. The third-order valence-electron chi connectivity index (χ3n) is 5.15. The monoisotopic (exact) mass is 415 g/mol. The van der Waals surface area contributed by atoms with Crippen molar-refractivity contribution in [2.45, 2.75) is 53.0 Å². The molecule has 0 aliphatic heterocycles. The average molecular weight is 416 g/mol. The molecule has 1 aromatic carbocycles. The Morgan fingerprint density at radius 2 is 1.93 bits per heavy atom. The molecule has 2 N–H and O–H groups in total. The minimum Gasteiger partial charge on any atom is -0.493 e. The quantitative estimate of drug-likeness (QED) is 0.335. The molecule has 30 heavy (non-hydrogen) atoms. The molecular formula is C23H37N5O2. The highest BCUT2D eigenvalue weighted by atomic mass is 16.5. The number of rotatable bonds is 11. The minimum absolute atomic E-state index is 0.625. The first-order valence-electron chi connectivity index (χ1n) is 10.9. The number of methoxy groups -OCH3 is 1. The van der Waals surface area contributed by atoms with E-state index in [0.717, 1.165) is 61.9 Å². The SMILES string of the molecule is CCOc1cc(CCCNC(=NC)NCc2c(CC)nn(C)c2CC)ccc1OC. The van der Waals surface area contributed by atoms with Crippen LogP contribution in [0.5, 0.6) is 11.5 Å². The Balaban J connectivity index is 1.85. The largest absolute Gasteiger partial charge is 0.493 e. The highest BCUT2D eigenvalue weighted by Crippen LogP contribution is 2.28. The van der Waals surface area contributed by atoms with E-state index in [1.807, 2.05) is 24.7 Å². The molecule has 0 fully saturated rings. The van der Waals surface area contributed by atoms with Gasteiger partial charge in [-0.1, -0.05) is 19.9 Å². The third-order valence-corrected chi connectivity index (χ3v) is 5.15. The van der Waals surface area contributed by atoms with Crippen LogP contribution in [-0.2, 0) is 32.9 Å². The number of aliphatic imine (C=N–C) groups is 1. The van der Waals surface area contributed by atoms with E-state index in [0.29, 0.717) is 6.61 Å². The van der Waals surface area contributed by atoms with E-state index in [2.05, 4.69) is 46.7 Å². The second-order valence-electron chi connectivity index (χ2n) is 7.08. The van der Waals surface area contributed by atoms with Gasteiger partial charge in [-0.25, -0.2) is 0 Å². The summed E-state index contributed by atoms with van der Waals surface area (Å²) in [7, 11) is 5.49. The van der Waals surface area contributed by atoms with Crippen LogP contribution in [0.4, 0.5) is 0 Å². The van der Waals surface area contributed by atoms with Gasteiger partial charge in [0.2, 0.25) is 0 Å². The first-order valence-corrected chi connectivity index (χ1v) is 10.9. The van der Waals surface area contributed by atoms with Crippen LogP contribution in [-0.4, -0.2) is 43.0 Å². The molecule has 0 radical (unpaired) electrons. The summed E-state index contributed by atoms with van der Waals surface area (Å²) in [4.78, 5) is 4.36. The first kappa shape index (κ1) is 23.6. The summed E-state index contributed by atoms with van der Waals surface area (Å²) in [6.45, 7) is 8.49. The van der Waals surface area contributed by atoms with Crippen molar-refractivity contribution in [2.24, 2.45) is 12.0 Å². The Morgan fingerprint density at radius 1 is 1.13 bits per heavy atom. The summed E-state index contributed by atoms with van der Waals surface area (Å²) in [6.07, 6.45) is 3.85. The molecule has 1 heterocycles. The zero-order valence-corrected chi connectivity index (χ0v) is 19.3. The Kier molecular flexibility index (Phi) is 9.51. The van der Waals surface area contributed by atoms with Crippen LogP contribution in [0.2, 0.25) is 0 Å². The van der Waals surface area contributed by atoms with Crippen LogP contribution >= 0.6 is 0 Å². The van der Waals surface area contributed by atoms with Crippen molar-refractivity contribution in [2.75, 3.05) is 27.3 Å². The van der Waals surface area contributed by atoms with E-state index in [4.69, 9.17) is 9.47 Å². The standard InChI is InChI=1S/C23H37N5O2/c1-7-19-18(20(8-2)28(5)27-19)16-26-23(24-4)25-14-10-11-17-12-13-21(29-6)22(15-17)30-9-3/h12-13,15H,7-11,14,16H2,1-6H3,(H2,24,25,26). The molecule has 0 unspecified atom stereocenters. The molecule has 0 spiro atoms. The van der Waals surface area contributed by atoms with Gasteiger partial charge in [0.25, 0.3) is 0 Å². The predicted molar refractivity (Wildman–Crippen MR) is 123 cm³/mol. The smallest absolute Gasteiger partial charge is 0.191 e. The van der Waals surface area contributed by atoms with Gasteiger partial charge in [-0.2, -0.15) is 5.10 Å². The second kappa shape index (κ2) is 12.1. The number of aromatic nitrogens is 2. The van der Waals surface area contributed by atoms with E-state index in [-0.39, 0.29) is 0 Å². The van der Waals surface area contributed by atoms with E-state index in [1.165, 1.54) is 16.8 Å². The van der Waals surface area contributed by atoms with Crippen molar-refractivity contribution in [3.05, 3.63) is 40.7 Å². The van der Waals surface area contributed by atoms with Gasteiger partial charge in [0.15, 0.2) is 17.5 Å². The molecule has 0 bridgehead atoms. The fourth-order valence-corrected chi connectivity index (χ4v) is 3.63. The number of benzene rings is 1. The maximum atomic E-state index is 5.67. The van der Waals surface area contributed by atoms with Gasteiger partial charge in [0.05, 0.1) is 19.4 Å². The molecular weight excluding hydrogens is 378 g/mol. The van der Waals surface area contributed by atoms with Gasteiger partial charge < -0.3 is 20.1 Å². The molecule has 1 aromatic heterocycles. The normalized spacial score (nSPS) is 11.5. The van der Waals surface area contributed by atoms with Crippen LogP contribution < -0.4 is 20.1 Å². The van der Waals surface area contributed by atoms with Crippen molar-refractivity contribution in [1.29, 1.82) is 0 Å². The minimum atomic E-state index is 0.625. The lowest BCUT2D eigenvalue weighted by molar-refractivity contribution is 0.310. The molecule has 0 saturated carbocycles. The predicted octanol–water partition coefficient (Wildman–Crippen LogP) is 3.25. The van der Waals surface area contributed by atoms with Crippen molar-refractivity contribution in [3.63, 3.8) is 0 Å². The molecule has 0 amide bonds. The topological polar surface area (TPSA) is 72.7 Å². The third kappa shape index (κ3) is 6.15. The van der Waals surface area contributed by atoms with Crippen LogP contribution in [0.15, 0.2) is 23.2 Å². The van der Waals surface area contributed by atoms with Crippen LogP contribution in [0.1, 0.15) is 49.7 Å². The Bertz CT molecular complexity index is 829. The van der Waals surface area contributed by atoms with E-state index >= 15 is 0 Å². The summed E-state index contributed by atoms with van der Waals surface area (Å²) < 4.78 is 13.0. The lowest BCUT2D eigenvalue weighted by atomic mass is 10.1. The van der Waals surface area contributed by atoms with Crippen LogP contribution in [0, 0.1) is 0 Å². The highest BCUT2D eigenvalue weighted by Gasteiger charge is 2.13. The molecule has 0 atom stereocenters. The zero-order chi connectivity index (χ0) is 21.9. The lowest BCUT2D eigenvalue weighted by Gasteiger charge is -2.14. The molecule has 7 heteroatoms. The van der Waals surface area contributed by atoms with Crippen LogP contribution in [0.3, 0.4) is 0 Å². The molecule has 0 aliphatic rings. The fourth-order valence-electron chi connectivity index (χ4n) is 3.63. The molecule has 166 valence electrons. The zero-order valence-electron chi connectivity index (χ0n) is 19.3. The maximum Gasteiger partial charge on any atom is 0.191 e. The number of nitrogens with zero attached hydrogens (tertiary/aromatic N) is 3. The van der Waals surface area contributed by atoms with Gasteiger partial charge in [-0.15, -0.1) is 0 Å². The van der Waals surface area contributed by atoms with E-state index in [1.54, 1.807) is 14.2 Å². The first-order chi connectivity index (χ1) is 14.6. The Hall–Kier alpha value is -2.70. The van der Waals surface area contributed by atoms with Gasteiger partial charge >= 0.3 is 0 Å². The summed E-state index contributed by atoms with van der Waals surface area (Å²) in [6, 6.07) is 6.13. The Morgan fingerprint density at radius 3 is 2.57 bits per heavy atom. The van der Waals surface area contributed by atoms with Crippen LogP contribution in [0.25, 0.3) is 0 Å². The number of nitrogens with one attached hydrogen (secondary N) is 2. The summed E-state index contributed by atoms with van der Waals surface area (Å²) >= 11 is 0. The molecule has 0 saturated heterocycles. The summed E-state index contributed by atoms with van der Waals surface area (Å²) in [5.41, 5.74) is 4.95. The molecule has 2 rings (SSSR count). The van der Waals surface area contributed by atoms with Gasteiger partial charge in [0, 0.05) is 38.4 Å². The van der Waals surface area contributed by atoms with Crippen molar-refractivity contribution in [1.82, 2.24) is 20.4 Å². The highest BCUT2D eigenvalue weighted by molar-refractivity contribution is 5.79. The van der Waals surface area contributed by atoms with E-state index in [9.17, 15) is 0 Å². The Labute approximate surface area is 180 Å². The summed E-state index contributed by atoms with van der Waals surface area (Å²) in [5, 5.41) is 11.5. The summed E-state index contributed by atoms with van der Waals surface area (Å²) in [5.74, 6) is 2.39. The van der Waals surface area contributed by atoms with Gasteiger partial charge in [-0.05, 0) is 50.3 Å². The van der Waals surface area contributed by atoms with Crippen molar-refractivity contribution in [3.8, 4) is 11.5 Å². The second-order valence-corrected chi connectivity index (χ2v) is 7.08. The van der Waals surface area contributed by atoms with Crippen molar-refractivity contribution < 1.29 is 9.47 Å². The van der Waals surface area contributed by atoms with E-state index < -0.39 is 0 Å². The number of hydrogen-bond acceptors (Lipinski definition) is 4. The van der Waals surface area contributed by atoms with Gasteiger partial charge in [-0.3, -0.25) is 9.67 Å². The lowest BCUT2D eigenvalue weighted by Crippen LogP contribution is -2.37. The molecule has 7 nitrogen and oxygen atoms in total. The fraction of sp³-hybridized carbons (Fsp3) is 0.565. The average Bonchev–Trinajstić information content (AvgIpc) is 3.08. The van der Waals surface area contributed by atoms with Gasteiger partial charge in [0.1, 0.15) is 0 Å². The van der Waals surface area contributed by atoms with Crippen molar-refractivity contribution >= 4 is 5.96 Å². The number of aryl methyl sites for hydroxylation is 3. The number of guanidine groups is 1.